The highest BCUT2D eigenvalue weighted by molar-refractivity contribution is 5.95. The van der Waals surface area contributed by atoms with Crippen molar-refractivity contribution in [3.05, 3.63) is 0 Å². The first-order valence-corrected chi connectivity index (χ1v) is 17.4. The van der Waals surface area contributed by atoms with Gasteiger partial charge in [0, 0.05) is 12.5 Å². The number of rotatable bonds is 23. The first kappa shape index (κ1) is 43.4. The maximum Gasteiger partial charge on any atom is 0.326 e. The fraction of sp³-hybridized carbons (Fsp3) is 0.788. The predicted octanol–water partition coefficient (Wildman–Crippen LogP) is -0.875. The molecule has 1 rings (SSSR count). The van der Waals surface area contributed by atoms with Gasteiger partial charge in [0.25, 0.3) is 0 Å². The van der Waals surface area contributed by atoms with Crippen molar-refractivity contribution in [1.82, 2.24) is 26.2 Å². The molecule has 1 aliphatic rings. The highest BCUT2D eigenvalue weighted by Crippen LogP contribution is 2.21. The van der Waals surface area contributed by atoms with Gasteiger partial charge in [-0.15, -0.1) is 0 Å². The molecular formula is C33H60N8O8. The molecule has 1 unspecified atom stereocenters. The van der Waals surface area contributed by atoms with E-state index in [0.717, 1.165) is 0 Å². The lowest BCUT2D eigenvalue weighted by atomic mass is 9.92. The van der Waals surface area contributed by atoms with Crippen LogP contribution < -0.4 is 38.5 Å². The summed E-state index contributed by atoms with van der Waals surface area (Å²) < 4.78 is 0. The lowest BCUT2D eigenvalue weighted by Gasteiger charge is -2.29. The number of amides is 5. The van der Waals surface area contributed by atoms with Gasteiger partial charge in [-0.1, -0.05) is 27.7 Å². The summed E-state index contributed by atoms with van der Waals surface area (Å²) in [6.07, 6.45) is 3.23. The van der Waals surface area contributed by atoms with Gasteiger partial charge < -0.3 is 48.5 Å². The lowest BCUT2D eigenvalue weighted by Crippen LogP contribution is -2.57. The zero-order valence-electron chi connectivity index (χ0n) is 29.8. The van der Waals surface area contributed by atoms with Crippen LogP contribution >= 0.6 is 0 Å². The second-order valence-electron chi connectivity index (χ2n) is 13.8. The highest BCUT2D eigenvalue weighted by atomic mass is 16.4. The van der Waals surface area contributed by atoms with E-state index in [0.29, 0.717) is 45.2 Å². The van der Waals surface area contributed by atoms with Gasteiger partial charge in [-0.2, -0.15) is 0 Å². The fourth-order valence-corrected chi connectivity index (χ4v) is 5.84. The molecule has 1 fully saturated rings. The van der Waals surface area contributed by atoms with Crippen LogP contribution in [0.3, 0.4) is 0 Å². The molecule has 0 aromatic heterocycles. The van der Waals surface area contributed by atoms with Gasteiger partial charge in [0.2, 0.25) is 29.5 Å². The second-order valence-corrected chi connectivity index (χ2v) is 13.8. The SMILES string of the molecule is CC(=O)C(CCN)C[C@H](N)C(=O)N1CCC[C@H]1C(=O)N[C@@H](CC(C)C)C(=O)NCC(=O)N[C@@H](CC(C)C)C(=O)N[C@@H](CCCCN)C(=O)O. The summed E-state index contributed by atoms with van der Waals surface area (Å²) >= 11 is 0. The van der Waals surface area contributed by atoms with Crippen LogP contribution in [0.15, 0.2) is 0 Å². The highest BCUT2D eigenvalue weighted by Gasteiger charge is 2.38. The van der Waals surface area contributed by atoms with E-state index in [1.807, 2.05) is 27.7 Å². The largest absolute Gasteiger partial charge is 0.480 e. The molecule has 0 aromatic rings. The molecular weight excluding hydrogens is 636 g/mol. The zero-order valence-corrected chi connectivity index (χ0v) is 29.8. The van der Waals surface area contributed by atoms with E-state index in [1.165, 1.54) is 11.8 Å². The number of hydrogen-bond acceptors (Lipinski definition) is 10. The molecule has 11 N–H and O–H groups in total. The monoisotopic (exact) mass is 696 g/mol. The minimum absolute atomic E-state index is 0.0168. The summed E-state index contributed by atoms with van der Waals surface area (Å²) in [6.45, 7) is 9.34. The van der Waals surface area contributed by atoms with E-state index in [1.54, 1.807) is 0 Å². The van der Waals surface area contributed by atoms with Gasteiger partial charge in [-0.3, -0.25) is 28.8 Å². The Bertz CT molecular complexity index is 1130. The van der Waals surface area contributed by atoms with Gasteiger partial charge in [-0.25, -0.2) is 4.79 Å². The number of nitrogens with zero attached hydrogens (tertiary/aromatic N) is 1. The minimum Gasteiger partial charge on any atom is -0.480 e. The number of carbonyl (C=O) groups excluding carboxylic acids is 6. The van der Waals surface area contributed by atoms with Crippen molar-refractivity contribution in [1.29, 1.82) is 0 Å². The summed E-state index contributed by atoms with van der Waals surface area (Å²) in [4.78, 5) is 90.9. The van der Waals surface area contributed by atoms with Crippen LogP contribution in [0.2, 0.25) is 0 Å². The van der Waals surface area contributed by atoms with Gasteiger partial charge in [0.05, 0.1) is 12.6 Å². The molecule has 0 bridgehead atoms. The van der Waals surface area contributed by atoms with Crippen molar-refractivity contribution >= 4 is 41.3 Å². The number of carbonyl (C=O) groups is 7. The zero-order chi connectivity index (χ0) is 37.3. The van der Waals surface area contributed by atoms with Gasteiger partial charge in [0.1, 0.15) is 30.0 Å². The number of unbranched alkanes of at least 4 members (excludes halogenated alkanes) is 1. The van der Waals surface area contributed by atoms with E-state index in [9.17, 15) is 38.7 Å². The van der Waals surface area contributed by atoms with Crippen LogP contribution in [0.1, 0.15) is 92.4 Å². The maximum atomic E-state index is 13.4. The summed E-state index contributed by atoms with van der Waals surface area (Å²) in [7, 11) is 0. The number of nitrogens with two attached hydrogens (primary N) is 3. The van der Waals surface area contributed by atoms with Crippen LogP contribution in [-0.4, -0.2) is 108 Å². The molecule has 0 radical (unpaired) electrons. The molecule has 1 saturated heterocycles. The Labute approximate surface area is 289 Å². The Balaban J connectivity index is 2.90. The van der Waals surface area contributed by atoms with E-state index < -0.39 is 78.2 Å². The summed E-state index contributed by atoms with van der Waals surface area (Å²) in [5.41, 5.74) is 17.3. The first-order chi connectivity index (χ1) is 23.0. The van der Waals surface area contributed by atoms with Crippen molar-refractivity contribution < 1.29 is 38.7 Å². The maximum absolute atomic E-state index is 13.4. The number of ketones is 1. The molecule has 16 nitrogen and oxygen atoms in total. The van der Waals surface area contributed by atoms with Crippen LogP contribution in [0.5, 0.6) is 0 Å². The van der Waals surface area contributed by atoms with Crippen molar-refractivity contribution in [2.24, 2.45) is 35.0 Å². The van der Waals surface area contributed by atoms with Crippen LogP contribution in [-0.2, 0) is 33.6 Å². The average molecular weight is 697 g/mol. The van der Waals surface area contributed by atoms with E-state index >= 15 is 0 Å². The number of nitrogens with one attached hydrogen (secondary N) is 4. The Hall–Kier alpha value is -3.63. The third-order valence-electron chi connectivity index (χ3n) is 8.47. The molecule has 49 heavy (non-hydrogen) atoms. The molecule has 0 saturated carbocycles. The van der Waals surface area contributed by atoms with Crippen molar-refractivity contribution in [2.75, 3.05) is 26.2 Å². The fourth-order valence-electron chi connectivity index (χ4n) is 5.84. The predicted molar refractivity (Wildman–Crippen MR) is 183 cm³/mol. The number of carboxylic acid groups (broad SMARTS) is 1. The molecule has 280 valence electrons. The average Bonchev–Trinajstić information content (AvgIpc) is 3.51. The molecule has 5 amide bonds. The number of aliphatic carboxylic acids is 1. The lowest BCUT2D eigenvalue weighted by molar-refractivity contribution is -0.142. The minimum atomic E-state index is -1.19. The topological polar surface area (TPSA) is 269 Å². The number of hydrogen-bond donors (Lipinski definition) is 8. The summed E-state index contributed by atoms with van der Waals surface area (Å²) in [6, 6.07) is -5.03. The summed E-state index contributed by atoms with van der Waals surface area (Å²) in [5.74, 6) is -4.71. The van der Waals surface area contributed by atoms with Crippen LogP contribution in [0.25, 0.3) is 0 Å². The first-order valence-electron chi connectivity index (χ1n) is 17.4. The van der Waals surface area contributed by atoms with Gasteiger partial charge in [-0.05, 0) is 89.6 Å². The molecule has 6 atom stereocenters. The Morgan fingerprint density at radius 3 is 1.94 bits per heavy atom. The molecule has 1 heterocycles. The van der Waals surface area contributed by atoms with E-state index in [2.05, 4.69) is 21.3 Å². The van der Waals surface area contributed by atoms with Gasteiger partial charge >= 0.3 is 5.97 Å². The Kier molecular flexibility index (Phi) is 19.6. The number of likely N-dealkylation sites (tertiary alicyclic amines) is 1. The third kappa shape index (κ3) is 15.6. The Morgan fingerprint density at radius 1 is 0.796 bits per heavy atom. The molecule has 0 spiro atoms. The molecule has 16 heteroatoms. The standard InChI is InChI=1S/C33H60N8O8/c1-19(2)15-25(40-31(46)27-10-8-14-41(27)32(47)23(36)17-22(11-13-35)21(5)42)29(44)37-18-28(43)38-26(16-20(3)4)30(45)39-24(33(48)49)9-6-7-12-34/h19-20,22-27H,6-18,34-36H2,1-5H3,(H,37,44)(H,38,43)(H,39,45)(H,40,46)(H,48,49)/t22?,23-,24-,25-,26-,27-/m0/s1. The van der Waals surface area contributed by atoms with Gasteiger partial charge in [0.15, 0.2) is 0 Å². The van der Waals surface area contributed by atoms with E-state index in [-0.39, 0.29) is 49.8 Å². The van der Waals surface area contributed by atoms with Crippen molar-refractivity contribution in [2.45, 2.75) is 123 Å². The third-order valence-corrected chi connectivity index (χ3v) is 8.47. The van der Waals surface area contributed by atoms with Crippen LogP contribution in [0, 0.1) is 17.8 Å². The second kappa shape index (κ2) is 22.2. The van der Waals surface area contributed by atoms with Crippen molar-refractivity contribution in [3.63, 3.8) is 0 Å². The molecule has 0 aromatic carbocycles. The Morgan fingerprint density at radius 2 is 1.41 bits per heavy atom. The smallest absolute Gasteiger partial charge is 0.326 e. The quantitative estimate of drug-likeness (QED) is 0.0608. The number of Topliss-reactive ketones (excluding diaryl/α,β-unsaturated/α-hetero) is 1. The molecule has 0 aliphatic carbocycles. The van der Waals surface area contributed by atoms with E-state index in [4.69, 9.17) is 17.2 Å². The number of carboxylic acids is 1. The normalized spacial score (nSPS) is 17.5. The summed E-state index contributed by atoms with van der Waals surface area (Å²) in [5, 5.41) is 19.9. The van der Waals surface area contributed by atoms with Crippen LogP contribution in [0.4, 0.5) is 0 Å². The molecule has 1 aliphatic heterocycles. The van der Waals surface area contributed by atoms with Crippen molar-refractivity contribution in [3.8, 4) is 0 Å².